The van der Waals surface area contributed by atoms with Crippen LogP contribution in [0, 0.1) is 5.41 Å². The largest absolute Gasteiger partial charge is 0.481 e. The fourth-order valence-corrected chi connectivity index (χ4v) is 3.05. The standard InChI is InChI=1S/C15H16N2O5/c18-12-6-15(13(19)20)9-17(7-11(15)16-12)14(21)22-8-10-4-2-1-3-5-10/h1-5,11H,6-9H2,(H,16,18)(H,19,20)/t11-,15-/m1/s1. The SMILES string of the molecule is O=C1C[C@@]2(C(=O)O)CN(C(=O)OCc3ccccc3)C[C@H]2N1. The molecule has 2 fully saturated rings. The van der Waals surface area contributed by atoms with Gasteiger partial charge in [-0.3, -0.25) is 9.59 Å². The van der Waals surface area contributed by atoms with Crippen molar-refractivity contribution < 1.29 is 24.2 Å². The zero-order valence-corrected chi connectivity index (χ0v) is 11.8. The molecule has 7 nitrogen and oxygen atoms in total. The highest BCUT2D eigenvalue weighted by molar-refractivity contribution is 5.91. The summed E-state index contributed by atoms with van der Waals surface area (Å²) in [5.41, 5.74) is -0.375. The summed E-state index contributed by atoms with van der Waals surface area (Å²) in [4.78, 5) is 36.4. The van der Waals surface area contributed by atoms with Crippen LogP contribution >= 0.6 is 0 Å². The minimum atomic E-state index is -1.23. The summed E-state index contributed by atoms with van der Waals surface area (Å²) < 4.78 is 5.21. The zero-order chi connectivity index (χ0) is 15.7. The summed E-state index contributed by atoms with van der Waals surface area (Å²) in [6.07, 6.45) is -0.664. The van der Waals surface area contributed by atoms with Gasteiger partial charge in [0.2, 0.25) is 5.91 Å². The van der Waals surface area contributed by atoms with Gasteiger partial charge in [0.05, 0.1) is 6.04 Å². The number of carbonyl (C=O) groups excluding carboxylic acids is 2. The number of hydrogen-bond donors (Lipinski definition) is 2. The summed E-state index contributed by atoms with van der Waals surface area (Å²) in [7, 11) is 0. The lowest BCUT2D eigenvalue weighted by Crippen LogP contribution is -2.41. The first-order valence-corrected chi connectivity index (χ1v) is 7.00. The number of likely N-dealkylation sites (tertiary alicyclic amines) is 1. The number of carboxylic acids is 1. The van der Waals surface area contributed by atoms with Gasteiger partial charge in [0.15, 0.2) is 0 Å². The summed E-state index contributed by atoms with van der Waals surface area (Å²) in [6, 6.07) is 8.68. The Balaban J connectivity index is 1.64. The van der Waals surface area contributed by atoms with Crippen molar-refractivity contribution in [3.8, 4) is 0 Å². The third-order valence-electron chi connectivity index (χ3n) is 4.24. The topological polar surface area (TPSA) is 95.9 Å². The summed E-state index contributed by atoms with van der Waals surface area (Å²) in [6.45, 7) is 0.276. The molecule has 1 aromatic carbocycles. The van der Waals surface area contributed by atoms with Crippen molar-refractivity contribution >= 4 is 18.0 Å². The van der Waals surface area contributed by atoms with E-state index >= 15 is 0 Å². The third kappa shape index (κ3) is 2.38. The third-order valence-corrected chi connectivity index (χ3v) is 4.24. The molecule has 1 aromatic rings. The van der Waals surface area contributed by atoms with Gasteiger partial charge < -0.3 is 20.1 Å². The average molecular weight is 304 g/mol. The maximum absolute atomic E-state index is 12.1. The summed E-state index contributed by atoms with van der Waals surface area (Å²) in [5.74, 6) is -1.35. The number of fused-ring (bicyclic) bond motifs is 1. The molecule has 0 aromatic heterocycles. The van der Waals surface area contributed by atoms with Gasteiger partial charge in [0, 0.05) is 19.5 Å². The predicted octanol–water partition coefficient (Wildman–Crippen LogP) is 0.598. The molecule has 3 rings (SSSR count). The minimum absolute atomic E-state index is 0.0145. The molecule has 2 N–H and O–H groups in total. The number of amides is 2. The summed E-state index contributed by atoms with van der Waals surface area (Å²) >= 11 is 0. The van der Waals surface area contributed by atoms with Gasteiger partial charge in [-0.1, -0.05) is 30.3 Å². The average Bonchev–Trinajstić information content (AvgIpc) is 2.99. The Morgan fingerprint density at radius 1 is 1.36 bits per heavy atom. The lowest BCUT2D eigenvalue weighted by Gasteiger charge is -2.21. The quantitative estimate of drug-likeness (QED) is 0.852. The molecule has 2 aliphatic heterocycles. The van der Waals surface area contributed by atoms with Gasteiger partial charge in [0.25, 0.3) is 0 Å². The van der Waals surface area contributed by atoms with E-state index in [0.29, 0.717) is 0 Å². The Bertz CT molecular complexity index is 618. The minimum Gasteiger partial charge on any atom is -0.481 e. The number of benzene rings is 1. The van der Waals surface area contributed by atoms with E-state index in [0.717, 1.165) is 5.56 Å². The smallest absolute Gasteiger partial charge is 0.410 e. The molecule has 2 atom stereocenters. The molecule has 2 aliphatic rings. The molecule has 2 saturated heterocycles. The van der Waals surface area contributed by atoms with Gasteiger partial charge >= 0.3 is 12.1 Å². The number of ether oxygens (including phenoxy) is 1. The molecule has 0 saturated carbocycles. The fourth-order valence-electron chi connectivity index (χ4n) is 3.05. The number of nitrogens with one attached hydrogen (secondary N) is 1. The van der Waals surface area contributed by atoms with Gasteiger partial charge in [-0.25, -0.2) is 4.79 Å². The Morgan fingerprint density at radius 2 is 2.09 bits per heavy atom. The lowest BCUT2D eigenvalue weighted by atomic mass is 9.83. The molecule has 22 heavy (non-hydrogen) atoms. The summed E-state index contributed by atoms with van der Waals surface area (Å²) in [5, 5.41) is 12.1. The molecule has 116 valence electrons. The second kappa shape index (κ2) is 5.32. The lowest BCUT2D eigenvalue weighted by molar-refractivity contribution is -0.148. The van der Waals surface area contributed by atoms with Gasteiger partial charge in [-0.2, -0.15) is 0 Å². The predicted molar refractivity (Wildman–Crippen MR) is 74.8 cm³/mol. The van der Waals surface area contributed by atoms with E-state index in [4.69, 9.17) is 4.74 Å². The molecule has 2 amide bonds. The van der Waals surface area contributed by atoms with Crippen LogP contribution in [0.1, 0.15) is 12.0 Å². The van der Waals surface area contributed by atoms with Crippen LogP contribution in [-0.4, -0.2) is 47.1 Å². The number of nitrogens with zero attached hydrogens (tertiary/aromatic N) is 1. The Kier molecular flexibility index (Phi) is 3.48. The normalized spacial score (nSPS) is 26.5. The molecule has 0 spiro atoms. The number of aliphatic carboxylic acids is 1. The maximum atomic E-state index is 12.1. The van der Waals surface area contributed by atoms with E-state index in [1.165, 1.54) is 4.90 Å². The van der Waals surface area contributed by atoms with Crippen molar-refractivity contribution in [3.63, 3.8) is 0 Å². The van der Waals surface area contributed by atoms with Crippen LogP contribution < -0.4 is 5.32 Å². The maximum Gasteiger partial charge on any atom is 0.410 e. The highest BCUT2D eigenvalue weighted by Crippen LogP contribution is 2.39. The van der Waals surface area contributed by atoms with Gasteiger partial charge in [-0.05, 0) is 5.56 Å². The van der Waals surface area contributed by atoms with Crippen LogP contribution in [0.5, 0.6) is 0 Å². The van der Waals surface area contributed by atoms with E-state index in [9.17, 15) is 19.5 Å². The number of hydrogen-bond acceptors (Lipinski definition) is 4. The van der Waals surface area contributed by atoms with E-state index in [2.05, 4.69) is 5.32 Å². The highest BCUT2D eigenvalue weighted by atomic mass is 16.6. The van der Waals surface area contributed by atoms with E-state index < -0.39 is 23.5 Å². The van der Waals surface area contributed by atoms with Gasteiger partial charge in [-0.15, -0.1) is 0 Å². The number of carbonyl (C=O) groups is 3. The first-order chi connectivity index (χ1) is 10.5. The second-order valence-corrected chi connectivity index (χ2v) is 5.68. The van der Waals surface area contributed by atoms with Crippen LogP contribution in [0.2, 0.25) is 0 Å². The van der Waals surface area contributed by atoms with Crippen molar-refractivity contribution in [2.45, 2.75) is 19.1 Å². The van der Waals surface area contributed by atoms with Crippen molar-refractivity contribution in [2.24, 2.45) is 5.41 Å². The second-order valence-electron chi connectivity index (χ2n) is 5.68. The van der Waals surface area contributed by atoms with Crippen LogP contribution in [0.25, 0.3) is 0 Å². The van der Waals surface area contributed by atoms with Crippen molar-refractivity contribution in [1.29, 1.82) is 0 Å². The molecule has 2 heterocycles. The van der Waals surface area contributed by atoms with Crippen molar-refractivity contribution in [2.75, 3.05) is 13.1 Å². The van der Waals surface area contributed by atoms with E-state index in [1.807, 2.05) is 30.3 Å². The van der Waals surface area contributed by atoms with E-state index in [1.54, 1.807) is 0 Å². The first-order valence-electron chi connectivity index (χ1n) is 7.00. The molecule has 0 unspecified atom stereocenters. The van der Waals surface area contributed by atoms with Crippen LogP contribution in [-0.2, 0) is 20.9 Å². The van der Waals surface area contributed by atoms with Crippen molar-refractivity contribution in [3.05, 3.63) is 35.9 Å². The molecule has 0 aliphatic carbocycles. The molecule has 7 heteroatoms. The van der Waals surface area contributed by atoms with Crippen molar-refractivity contribution in [1.82, 2.24) is 10.2 Å². The zero-order valence-electron chi connectivity index (χ0n) is 11.8. The number of rotatable bonds is 3. The Morgan fingerprint density at radius 3 is 2.73 bits per heavy atom. The fraction of sp³-hybridized carbons (Fsp3) is 0.400. The Hall–Kier alpha value is -2.57. The molecular weight excluding hydrogens is 288 g/mol. The first kappa shape index (κ1) is 14.4. The van der Waals surface area contributed by atoms with Gasteiger partial charge in [0.1, 0.15) is 12.0 Å². The van der Waals surface area contributed by atoms with Crippen LogP contribution in [0.3, 0.4) is 0 Å². The Labute approximate surface area is 126 Å². The molecule has 0 radical (unpaired) electrons. The monoisotopic (exact) mass is 304 g/mol. The van der Waals surface area contributed by atoms with Crippen LogP contribution in [0.4, 0.5) is 4.79 Å². The van der Waals surface area contributed by atoms with Crippen LogP contribution in [0.15, 0.2) is 30.3 Å². The van der Waals surface area contributed by atoms with E-state index in [-0.39, 0.29) is 32.0 Å². The molecule has 0 bridgehead atoms. The highest BCUT2D eigenvalue weighted by Gasteiger charge is 2.59. The number of carboxylic acid groups (broad SMARTS) is 1. The molecular formula is C15H16N2O5.